The summed E-state index contributed by atoms with van der Waals surface area (Å²) in [5, 5.41) is 6.73. The lowest BCUT2D eigenvalue weighted by molar-refractivity contribution is 0.0746. The van der Waals surface area contributed by atoms with E-state index in [-0.39, 0.29) is 16.9 Å². The Morgan fingerprint density at radius 1 is 0.853 bits per heavy atom. The summed E-state index contributed by atoms with van der Waals surface area (Å²) in [5.41, 5.74) is 4.03. The zero-order chi connectivity index (χ0) is 24.1. The van der Waals surface area contributed by atoms with Crippen molar-refractivity contribution in [3.8, 4) is 0 Å². The molecule has 3 aromatic rings. The number of anilines is 2. The maximum absolute atomic E-state index is 12.8. The summed E-state index contributed by atoms with van der Waals surface area (Å²) in [7, 11) is 0. The Bertz CT molecular complexity index is 1190. The van der Waals surface area contributed by atoms with Gasteiger partial charge < -0.3 is 15.1 Å². The minimum absolute atomic E-state index is 0.00252. The van der Waals surface area contributed by atoms with E-state index < -0.39 is 0 Å². The number of halogens is 1. The molecule has 0 saturated carbocycles. The molecule has 6 nitrogen and oxygen atoms in total. The maximum atomic E-state index is 12.8. The number of piperazine rings is 1. The van der Waals surface area contributed by atoms with Crippen LogP contribution in [0.2, 0.25) is 5.02 Å². The minimum atomic E-state index is -0.260. The molecule has 0 radical (unpaired) electrons. The van der Waals surface area contributed by atoms with Gasteiger partial charge in [-0.05, 0) is 67.7 Å². The Kier molecular flexibility index (Phi) is 7.45. The van der Waals surface area contributed by atoms with E-state index in [9.17, 15) is 9.59 Å². The third-order valence-corrected chi connectivity index (χ3v) is 6.15. The van der Waals surface area contributed by atoms with Crippen molar-refractivity contribution in [1.29, 1.82) is 0 Å². The van der Waals surface area contributed by atoms with Gasteiger partial charge in [-0.25, -0.2) is 0 Å². The number of benzene rings is 3. The van der Waals surface area contributed by atoms with Crippen LogP contribution in [0.15, 0.2) is 72.8 Å². The molecule has 1 fully saturated rings. The number of hydrogen-bond acceptors (Lipinski definition) is 4. The number of carbonyl (C=O) groups excluding carboxylic acids is 2. The van der Waals surface area contributed by atoms with Gasteiger partial charge in [-0.1, -0.05) is 41.4 Å². The first-order valence-corrected chi connectivity index (χ1v) is 11.8. The molecule has 34 heavy (non-hydrogen) atoms. The second kappa shape index (κ2) is 10.7. The first kappa shape index (κ1) is 23.7. The van der Waals surface area contributed by atoms with Gasteiger partial charge >= 0.3 is 0 Å². The molecular formula is C26H25ClN4O2S. The highest BCUT2D eigenvalue weighted by Gasteiger charge is 2.23. The van der Waals surface area contributed by atoms with E-state index in [2.05, 4.69) is 15.5 Å². The maximum Gasteiger partial charge on any atom is 0.257 e. The molecule has 0 bridgehead atoms. The van der Waals surface area contributed by atoms with Gasteiger partial charge in [0.1, 0.15) is 0 Å². The number of rotatable bonds is 4. The molecule has 2 N–H and O–H groups in total. The minimum Gasteiger partial charge on any atom is -0.366 e. The van der Waals surface area contributed by atoms with E-state index >= 15 is 0 Å². The van der Waals surface area contributed by atoms with Crippen LogP contribution in [0.1, 0.15) is 26.3 Å². The third-order valence-electron chi connectivity index (χ3n) is 5.69. The highest BCUT2D eigenvalue weighted by Crippen LogP contribution is 2.27. The summed E-state index contributed by atoms with van der Waals surface area (Å²) in [6.07, 6.45) is 0. The normalized spacial score (nSPS) is 13.4. The van der Waals surface area contributed by atoms with E-state index in [4.69, 9.17) is 23.8 Å². The van der Waals surface area contributed by atoms with Crippen LogP contribution in [-0.4, -0.2) is 48.0 Å². The molecule has 1 aliphatic rings. The van der Waals surface area contributed by atoms with Crippen LogP contribution in [0, 0.1) is 6.92 Å². The van der Waals surface area contributed by atoms with Gasteiger partial charge in [0.15, 0.2) is 5.11 Å². The Balaban J connectivity index is 1.37. The van der Waals surface area contributed by atoms with E-state index in [1.54, 1.807) is 36.4 Å². The highest BCUT2D eigenvalue weighted by atomic mass is 35.5. The van der Waals surface area contributed by atoms with Crippen molar-refractivity contribution in [2.45, 2.75) is 6.92 Å². The number of para-hydroxylation sites is 2. The fraction of sp³-hybridized carbons (Fsp3) is 0.192. The lowest BCUT2D eigenvalue weighted by atomic mass is 10.1. The van der Waals surface area contributed by atoms with Crippen LogP contribution in [0.5, 0.6) is 0 Å². The van der Waals surface area contributed by atoms with Crippen molar-refractivity contribution in [2.24, 2.45) is 0 Å². The van der Waals surface area contributed by atoms with Crippen molar-refractivity contribution >= 4 is 52.1 Å². The number of nitrogens with one attached hydrogen (secondary N) is 2. The van der Waals surface area contributed by atoms with E-state index in [1.807, 2.05) is 48.2 Å². The highest BCUT2D eigenvalue weighted by molar-refractivity contribution is 7.80. The van der Waals surface area contributed by atoms with Crippen LogP contribution < -0.4 is 15.5 Å². The van der Waals surface area contributed by atoms with Gasteiger partial charge in [0, 0.05) is 42.3 Å². The number of aryl methyl sites for hydroxylation is 1. The number of thiocarbonyl (C=S) groups is 1. The van der Waals surface area contributed by atoms with Crippen molar-refractivity contribution in [3.63, 3.8) is 0 Å². The van der Waals surface area contributed by atoms with Crippen LogP contribution in [0.3, 0.4) is 0 Å². The smallest absolute Gasteiger partial charge is 0.257 e. The molecule has 0 spiro atoms. The van der Waals surface area contributed by atoms with Gasteiger partial charge in [0.25, 0.3) is 11.8 Å². The largest absolute Gasteiger partial charge is 0.366 e. The topological polar surface area (TPSA) is 64.7 Å². The fourth-order valence-electron chi connectivity index (χ4n) is 3.81. The molecule has 0 aliphatic carbocycles. The van der Waals surface area contributed by atoms with Crippen LogP contribution in [0.25, 0.3) is 0 Å². The molecule has 3 aromatic carbocycles. The number of amides is 2. The number of hydrogen-bond donors (Lipinski definition) is 2. The molecule has 0 atom stereocenters. The molecular weight excluding hydrogens is 468 g/mol. The first-order chi connectivity index (χ1) is 16.4. The molecule has 4 rings (SSSR count). The zero-order valence-electron chi connectivity index (χ0n) is 18.8. The van der Waals surface area contributed by atoms with Gasteiger partial charge in [0.2, 0.25) is 0 Å². The predicted octanol–water partition coefficient (Wildman–Crippen LogP) is 4.74. The van der Waals surface area contributed by atoms with E-state index in [1.165, 1.54) is 0 Å². The summed E-state index contributed by atoms with van der Waals surface area (Å²) in [6, 6.07) is 22.1. The molecule has 174 valence electrons. The van der Waals surface area contributed by atoms with Gasteiger partial charge in [-0.15, -0.1) is 0 Å². The summed E-state index contributed by atoms with van der Waals surface area (Å²) >= 11 is 11.3. The van der Waals surface area contributed by atoms with Crippen molar-refractivity contribution in [3.05, 3.63) is 94.5 Å². The van der Waals surface area contributed by atoms with Crippen LogP contribution in [0.4, 0.5) is 11.4 Å². The Hall–Kier alpha value is -3.42. The molecule has 1 heterocycles. The lowest BCUT2D eigenvalue weighted by Crippen LogP contribution is -2.49. The third kappa shape index (κ3) is 5.73. The Labute approximate surface area is 209 Å². The zero-order valence-corrected chi connectivity index (χ0v) is 20.3. The predicted molar refractivity (Wildman–Crippen MR) is 141 cm³/mol. The van der Waals surface area contributed by atoms with E-state index in [0.717, 1.165) is 16.9 Å². The van der Waals surface area contributed by atoms with Gasteiger partial charge in [-0.2, -0.15) is 0 Å². The molecule has 8 heteroatoms. The van der Waals surface area contributed by atoms with Gasteiger partial charge in [0.05, 0.1) is 11.4 Å². The van der Waals surface area contributed by atoms with Crippen molar-refractivity contribution < 1.29 is 9.59 Å². The monoisotopic (exact) mass is 492 g/mol. The molecule has 0 unspecified atom stereocenters. The van der Waals surface area contributed by atoms with E-state index in [0.29, 0.717) is 42.3 Å². The molecule has 2 amide bonds. The second-order valence-corrected chi connectivity index (χ2v) is 8.92. The average Bonchev–Trinajstić information content (AvgIpc) is 2.85. The summed E-state index contributed by atoms with van der Waals surface area (Å²) in [6.45, 7) is 4.54. The summed E-state index contributed by atoms with van der Waals surface area (Å²) in [4.78, 5) is 29.3. The number of nitrogens with zero attached hydrogens (tertiary/aromatic N) is 2. The quantitative estimate of drug-likeness (QED) is 0.515. The Morgan fingerprint density at radius 3 is 2.15 bits per heavy atom. The fourth-order valence-corrected chi connectivity index (χ4v) is 4.14. The summed E-state index contributed by atoms with van der Waals surface area (Å²) in [5.74, 6) is -0.257. The molecule has 1 saturated heterocycles. The first-order valence-electron chi connectivity index (χ1n) is 11.0. The molecule has 0 aromatic heterocycles. The van der Waals surface area contributed by atoms with Crippen molar-refractivity contribution in [1.82, 2.24) is 10.2 Å². The van der Waals surface area contributed by atoms with Gasteiger partial charge in [-0.3, -0.25) is 14.9 Å². The van der Waals surface area contributed by atoms with Crippen molar-refractivity contribution in [2.75, 3.05) is 36.4 Å². The standard InChI is InChI=1S/C26H25ClN4O2S/c1-18-6-8-19(9-7-18)24(32)29-26(34)28-22-4-2-3-5-23(22)30-14-16-31(17-15-30)25(33)20-10-12-21(27)13-11-20/h2-13H,14-17H2,1H3,(H2,28,29,32,34). The second-order valence-electron chi connectivity index (χ2n) is 8.08. The Morgan fingerprint density at radius 2 is 1.47 bits per heavy atom. The average molecular weight is 493 g/mol. The summed E-state index contributed by atoms with van der Waals surface area (Å²) < 4.78 is 0. The SMILES string of the molecule is Cc1ccc(C(=O)NC(=S)Nc2ccccc2N2CCN(C(=O)c3ccc(Cl)cc3)CC2)cc1. The molecule has 1 aliphatic heterocycles. The van der Waals surface area contributed by atoms with Crippen LogP contribution in [-0.2, 0) is 0 Å². The lowest BCUT2D eigenvalue weighted by Gasteiger charge is -2.37. The van der Waals surface area contributed by atoms with Crippen LogP contribution >= 0.6 is 23.8 Å². The number of carbonyl (C=O) groups is 2.